The van der Waals surface area contributed by atoms with E-state index in [1.165, 1.54) is 22.6 Å². The zero-order valence-electron chi connectivity index (χ0n) is 11.3. The number of hydrogen-bond acceptors (Lipinski definition) is 2. The molecule has 1 saturated carbocycles. The van der Waals surface area contributed by atoms with E-state index in [2.05, 4.69) is 46.4 Å². The number of rotatable bonds is 5. The van der Waals surface area contributed by atoms with Crippen molar-refractivity contribution >= 4 is 38.9 Å². The highest BCUT2D eigenvalue weighted by molar-refractivity contribution is 9.10. The smallest absolute Gasteiger partial charge is 0.0503 e. The molecular weight excluding hydrogens is 354 g/mol. The van der Waals surface area contributed by atoms with Crippen molar-refractivity contribution in [2.24, 2.45) is 5.92 Å². The monoisotopic (exact) mass is 369 g/mol. The predicted molar refractivity (Wildman–Crippen MR) is 91.6 cm³/mol. The van der Waals surface area contributed by atoms with Gasteiger partial charge in [0.05, 0.1) is 5.02 Å². The Morgan fingerprint density at radius 1 is 1.35 bits per heavy atom. The molecule has 0 amide bonds. The van der Waals surface area contributed by atoms with E-state index in [0.29, 0.717) is 6.04 Å². The zero-order chi connectivity index (χ0) is 14.1. The van der Waals surface area contributed by atoms with Crippen LogP contribution in [-0.2, 0) is 0 Å². The molecule has 20 heavy (non-hydrogen) atoms. The molecule has 1 nitrogen and oxygen atoms in total. The molecule has 1 unspecified atom stereocenters. The van der Waals surface area contributed by atoms with Gasteiger partial charge in [0, 0.05) is 25.8 Å². The lowest BCUT2D eigenvalue weighted by atomic mass is 10.1. The molecule has 1 atom stereocenters. The van der Waals surface area contributed by atoms with Gasteiger partial charge in [-0.05, 0) is 49.6 Å². The summed E-state index contributed by atoms with van der Waals surface area (Å²) in [4.78, 5) is 2.68. The summed E-state index contributed by atoms with van der Waals surface area (Å²) in [6, 6.07) is 11.1. The molecule has 1 N–H and O–H groups in total. The number of halogens is 2. The number of benzene rings is 1. The van der Waals surface area contributed by atoms with Crippen molar-refractivity contribution in [2.75, 3.05) is 6.54 Å². The first-order chi connectivity index (χ1) is 9.69. The van der Waals surface area contributed by atoms with Gasteiger partial charge >= 0.3 is 0 Å². The molecule has 1 fully saturated rings. The first-order valence-electron chi connectivity index (χ1n) is 6.97. The van der Waals surface area contributed by atoms with E-state index < -0.39 is 0 Å². The van der Waals surface area contributed by atoms with Crippen molar-refractivity contribution in [3.8, 4) is 10.4 Å². The second-order valence-electron chi connectivity index (χ2n) is 5.20. The van der Waals surface area contributed by atoms with Gasteiger partial charge in [-0.3, -0.25) is 0 Å². The topological polar surface area (TPSA) is 12.0 Å². The Bertz CT molecular complexity index is 606. The molecule has 0 radical (unpaired) electrons. The van der Waals surface area contributed by atoms with Gasteiger partial charge in [-0.2, -0.15) is 0 Å². The van der Waals surface area contributed by atoms with Crippen molar-refractivity contribution in [1.82, 2.24) is 5.32 Å². The van der Waals surface area contributed by atoms with Crippen LogP contribution in [-0.4, -0.2) is 6.54 Å². The summed E-state index contributed by atoms with van der Waals surface area (Å²) >= 11 is 11.7. The molecule has 0 spiro atoms. The van der Waals surface area contributed by atoms with Crippen LogP contribution in [0.25, 0.3) is 10.4 Å². The minimum Gasteiger partial charge on any atom is -0.309 e. The van der Waals surface area contributed by atoms with Crippen molar-refractivity contribution in [3.05, 3.63) is 44.7 Å². The molecule has 1 aliphatic carbocycles. The van der Waals surface area contributed by atoms with Gasteiger partial charge in [0.25, 0.3) is 0 Å². The third-order valence-electron chi connectivity index (χ3n) is 3.65. The first-order valence-corrected chi connectivity index (χ1v) is 8.96. The minimum atomic E-state index is 0.521. The van der Waals surface area contributed by atoms with Crippen LogP contribution >= 0.6 is 38.9 Å². The fraction of sp³-hybridized carbons (Fsp3) is 0.375. The zero-order valence-corrected chi connectivity index (χ0v) is 14.5. The molecule has 2 aromatic rings. The van der Waals surface area contributed by atoms with Gasteiger partial charge in [0.2, 0.25) is 0 Å². The van der Waals surface area contributed by atoms with E-state index in [4.69, 9.17) is 11.6 Å². The SMILES string of the molecule is CCNC(c1ccc(-c2ccc(Br)cc2Cl)s1)C1CC1. The van der Waals surface area contributed by atoms with Crippen LogP contribution in [0.15, 0.2) is 34.8 Å². The Hall–Kier alpha value is -0.350. The number of hydrogen-bond donors (Lipinski definition) is 1. The Kier molecular flexibility index (Phi) is 4.51. The summed E-state index contributed by atoms with van der Waals surface area (Å²) in [7, 11) is 0. The summed E-state index contributed by atoms with van der Waals surface area (Å²) in [6.45, 7) is 3.20. The Balaban J connectivity index is 1.89. The van der Waals surface area contributed by atoms with Crippen LogP contribution in [0.1, 0.15) is 30.7 Å². The lowest BCUT2D eigenvalue weighted by Crippen LogP contribution is -2.21. The summed E-state index contributed by atoms with van der Waals surface area (Å²) in [5.41, 5.74) is 1.12. The quantitative estimate of drug-likeness (QED) is 0.691. The largest absolute Gasteiger partial charge is 0.309 e. The van der Waals surface area contributed by atoms with E-state index in [-0.39, 0.29) is 0 Å². The highest BCUT2D eigenvalue weighted by Crippen LogP contribution is 2.45. The van der Waals surface area contributed by atoms with E-state index in [9.17, 15) is 0 Å². The number of thiophene rings is 1. The van der Waals surface area contributed by atoms with Crippen LogP contribution in [0.4, 0.5) is 0 Å². The molecule has 1 aromatic heterocycles. The third kappa shape index (κ3) is 3.11. The maximum absolute atomic E-state index is 6.35. The Morgan fingerprint density at radius 3 is 2.80 bits per heavy atom. The van der Waals surface area contributed by atoms with Crippen molar-refractivity contribution in [1.29, 1.82) is 0 Å². The highest BCUT2D eigenvalue weighted by atomic mass is 79.9. The van der Waals surface area contributed by atoms with Gasteiger partial charge in [0.15, 0.2) is 0 Å². The molecule has 106 valence electrons. The van der Waals surface area contributed by atoms with Gasteiger partial charge in [-0.25, -0.2) is 0 Å². The fourth-order valence-electron chi connectivity index (χ4n) is 2.50. The third-order valence-corrected chi connectivity index (χ3v) is 5.65. The lowest BCUT2D eigenvalue weighted by Gasteiger charge is -2.15. The molecule has 1 aliphatic rings. The van der Waals surface area contributed by atoms with E-state index >= 15 is 0 Å². The van der Waals surface area contributed by atoms with Crippen LogP contribution < -0.4 is 5.32 Å². The van der Waals surface area contributed by atoms with Gasteiger partial charge < -0.3 is 5.32 Å². The molecule has 0 saturated heterocycles. The van der Waals surface area contributed by atoms with Crippen LogP contribution in [0.3, 0.4) is 0 Å². The summed E-state index contributed by atoms with van der Waals surface area (Å²) < 4.78 is 1.02. The van der Waals surface area contributed by atoms with Crippen molar-refractivity contribution in [3.63, 3.8) is 0 Å². The van der Waals surface area contributed by atoms with Gasteiger partial charge in [-0.1, -0.05) is 40.5 Å². The highest BCUT2D eigenvalue weighted by Gasteiger charge is 2.32. The molecule has 0 bridgehead atoms. The average molecular weight is 371 g/mol. The van der Waals surface area contributed by atoms with Crippen LogP contribution in [0, 0.1) is 5.92 Å². The number of nitrogens with one attached hydrogen (secondary N) is 1. The van der Waals surface area contributed by atoms with E-state index in [1.807, 2.05) is 23.5 Å². The maximum atomic E-state index is 6.35. The van der Waals surface area contributed by atoms with Crippen LogP contribution in [0.2, 0.25) is 5.02 Å². The molecule has 1 aromatic carbocycles. The average Bonchev–Trinajstić information content (AvgIpc) is 3.14. The van der Waals surface area contributed by atoms with Gasteiger partial charge in [-0.15, -0.1) is 11.3 Å². The summed E-state index contributed by atoms with van der Waals surface area (Å²) in [5, 5.41) is 4.42. The molecule has 0 aliphatic heterocycles. The first kappa shape index (κ1) is 14.6. The lowest BCUT2D eigenvalue weighted by molar-refractivity contribution is 0.504. The molecule has 1 heterocycles. The minimum absolute atomic E-state index is 0.521. The van der Waals surface area contributed by atoms with Crippen LogP contribution in [0.5, 0.6) is 0 Å². The van der Waals surface area contributed by atoms with Crippen molar-refractivity contribution in [2.45, 2.75) is 25.8 Å². The second-order valence-corrected chi connectivity index (χ2v) is 7.64. The normalized spacial score (nSPS) is 16.4. The van der Waals surface area contributed by atoms with Gasteiger partial charge in [0.1, 0.15) is 0 Å². The second kappa shape index (κ2) is 6.18. The van der Waals surface area contributed by atoms with E-state index in [0.717, 1.165) is 27.5 Å². The fourth-order valence-corrected chi connectivity index (χ4v) is 4.55. The molecular formula is C16H17BrClNS. The standard InChI is InChI=1S/C16H17BrClNS/c1-2-19-16(10-3-4-10)15-8-7-14(20-15)12-6-5-11(17)9-13(12)18/h5-10,16,19H,2-4H2,1H3. The Labute approximate surface area is 137 Å². The Morgan fingerprint density at radius 2 is 2.15 bits per heavy atom. The van der Waals surface area contributed by atoms with Crippen molar-refractivity contribution < 1.29 is 0 Å². The van der Waals surface area contributed by atoms with E-state index in [1.54, 1.807) is 0 Å². The maximum Gasteiger partial charge on any atom is 0.0503 e. The summed E-state index contributed by atoms with van der Waals surface area (Å²) in [6.07, 6.45) is 2.70. The molecule has 4 heteroatoms. The predicted octanol–water partition coefficient (Wildman–Crippen LogP) is 5.89. The summed E-state index contributed by atoms with van der Waals surface area (Å²) in [5.74, 6) is 0.821. The molecule has 3 rings (SSSR count).